The molecule has 0 fully saturated rings. The van der Waals surface area contributed by atoms with Crippen LogP contribution in [0.3, 0.4) is 0 Å². The van der Waals surface area contributed by atoms with Crippen LogP contribution in [-0.4, -0.2) is 29.5 Å². The Morgan fingerprint density at radius 1 is 1.17 bits per heavy atom. The SMILES string of the molecule is CC(OC(=O)c1csc(NCc2ccccc2)n1)C(=O)N1CCc2ccccc21. The summed E-state index contributed by atoms with van der Waals surface area (Å²) in [6, 6.07) is 17.7. The summed E-state index contributed by atoms with van der Waals surface area (Å²) in [6.45, 7) is 2.82. The quantitative estimate of drug-likeness (QED) is 0.628. The normalized spacial score (nSPS) is 13.6. The summed E-state index contributed by atoms with van der Waals surface area (Å²) in [4.78, 5) is 31.1. The Labute approximate surface area is 173 Å². The van der Waals surface area contributed by atoms with Gasteiger partial charge in [0, 0.05) is 24.2 Å². The van der Waals surface area contributed by atoms with E-state index < -0.39 is 12.1 Å². The van der Waals surface area contributed by atoms with Gasteiger partial charge < -0.3 is 15.0 Å². The third-order valence-corrected chi connectivity index (χ3v) is 5.58. The number of thiazole rings is 1. The molecule has 0 bridgehead atoms. The smallest absolute Gasteiger partial charge is 0.358 e. The molecule has 4 rings (SSSR count). The first-order valence-electron chi connectivity index (χ1n) is 9.45. The largest absolute Gasteiger partial charge is 0.448 e. The van der Waals surface area contributed by atoms with E-state index in [0.717, 1.165) is 23.2 Å². The summed E-state index contributed by atoms with van der Waals surface area (Å²) >= 11 is 1.33. The predicted octanol–water partition coefficient (Wildman–Crippen LogP) is 3.89. The van der Waals surface area contributed by atoms with E-state index in [1.54, 1.807) is 17.2 Å². The number of para-hydroxylation sites is 1. The van der Waals surface area contributed by atoms with Crippen LogP contribution in [0, 0.1) is 0 Å². The first-order valence-corrected chi connectivity index (χ1v) is 10.3. The lowest BCUT2D eigenvalue weighted by molar-refractivity contribution is -0.126. The molecular weight excluding hydrogens is 386 g/mol. The lowest BCUT2D eigenvalue weighted by Crippen LogP contribution is -2.39. The van der Waals surface area contributed by atoms with Crippen molar-refractivity contribution < 1.29 is 14.3 Å². The Bertz CT molecular complexity index is 1020. The maximum atomic E-state index is 12.8. The molecule has 3 aromatic rings. The third-order valence-electron chi connectivity index (χ3n) is 4.78. The van der Waals surface area contributed by atoms with Gasteiger partial charge in [0.05, 0.1) is 0 Å². The molecule has 0 saturated carbocycles. The molecule has 0 radical (unpaired) electrons. The van der Waals surface area contributed by atoms with E-state index in [2.05, 4.69) is 10.3 Å². The zero-order valence-electron chi connectivity index (χ0n) is 16.0. The summed E-state index contributed by atoms with van der Waals surface area (Å²) in [5, 5.41) is 5.46. The standard InChI is InChI=1S/C22H21N3O3S/c1-15(20(26)25-12-11-17-9-5-6-10-19(17)25)28-21(27)18-14-29-22(24-18)23-13-16-7-3-2-4-8-16/h2-10,14-15H,11-13H2,1H3,(H,23,24). The van der Waals surface area contributed by atoms with Crippen LogP contribution in [0.4, 0.5) is 10.8 Å². The van der Waals surface area contributed by atoms with Crippen molar-refractivity contribution in [1.29, 1.82) is 0 Å². The maximum absolute atomic E-state index is 12.8. The van der Waals surface area contributed by atoms with Gasteiger partial charge in [-0.05, 0) is 30.5 Å². The highest BCUT2D eigenvalue weighted by Gasteiger charge is 2.30. The Hall–Kier alpha value is -3.19. The third kappa shape index (κ3) is 4.30. The van der Waals surface area contributed by atoms with Crippen LogP contribution in [0.2, 0.25) is 0 Å². The molecular formula is C22H21N3O3S. The molecule has 1 atom stereocenters. The molecule has 2 aromatic carbocycles. The number of amides is 1. The minimum absolute atomic E-state index is 0.201. The van der Waals surface area contributed by atoms with E-state index in [1.807, 2.05) is 54.6 Å². The van der Waals surface area contributed by atoms with Gasteiger partial charge in [-0.1, -0.05) is 48.5 Å². The number of hydrogen-bond acceptors (Lipinski definition) is 6. The van der Waals surface area contributed by atoms with E-state index in [0.29, 0.717) is 18.2 Å². The van der Waals surface area contributed by atoms with Crippen molar-refractivity contribution in [3.05, 3.63) is 76.8 Å². The number of fused-ring (bicyclic) bond motifs is 1. The Morgan fingerprint density at radius 2 is 1.93 bits per heavy atom. The van der Waals surface area contributed by atoms with E-state index in [1.165, 1.54) is 11.3 Å². The molecule has 0 saturated heterocycles. The lowest BCUT2D eigenvalue weighted by atomic mass is 10.2. The van der Waals surface area contributed by atoms with Gasteiger partial charge in [0.15, 0.2) is 16.9 Å². The number of aromatic nitrogens is 1. The first kappa shape index (κ1) is 19.1. The Morgan fingerprint density at radius 3 is 2.76 bits per heavy atom. The Kier molecular flexibility index (Phi) is 5.57. The number of ether oxygens (including phenoxy) is 1. The molecule has 2 heterocycles. The number of anilines is 2. The highest BCUT2D eigenvalue weighted by Crippen LogP contribution is 2.28. The second-order valence-corrected chi connectivity index (χ2v) is 7.65. The molecule has 7 heteroatoms. The summed E-state index contributed by atoms with van der Waals surface area (Å²) < 4.78 is 5.39. The molecule has 148 valence electrons. The number of rotatable bonds is 6. The molecule has 1 aliphatic heterocycles. The van der Waals surface area contributed by atoms with Crippen molar-refractivity contribution in [3.8, 4) is 0 Å². The van der Waals surface area contributed by atoms with Crippen molar-refractivity contribution in [2.75, 3.05) is 16.8 Å². The molecule has 1 aliphatic rings. The number of carbonyl (C=O) groups excluding carboxylic acids is 2. The monoisotopic (exact) mass is 407 g/mol. The second kappa shape index (κ2) is 8.45. The van der Waals surface area contributed by atoms with Crippen LogP contribution in [0.5, 0.6) is 0 Å². The fourth-order valence-electron chi connectivity index (χ4n) is 3.28. The topological polar surface area (TPSA) is 71.5 Å². The molecule has 6 nitrogen and oxygen atoms in total. The van der Waals surface area contributed by atoms with Crippen LogP contribution in [0.25, 0.3) is 0 Å². The van der Waals surface area contributed by atoms with Gasteiger partial charge in [-0.25, -0.2) is 9.78 Å². The van der Waals surface area contributed by atoms with E-state index >= 15 is 0 Å². The van der Waals surface area contributed by atoms with Crippen LogP contribution in [-0.2, 0) is 22.5 Å². The van der Waals surface area contributed by atoms with Gasteiger partial charge in [-0.2, -0.15) is 0 Å². The highest BCUT2D eigenvalue weighted by molar-refractivity contribution is 7.13. The van der Waals surface area contributed by atoms with Crippen LogP contribution in [0.1, 0.15) is 28.5 Å². The summed E-state index contributed by atoms with van der Waals surface area (Å²) in [5.74, 6) is -0.816. The second-order valence-electron chi connectivity index (χ2n) is 6.79. The molecule has 29 heavy (non-hydrogen) atoms. The van der Waals surface area contributed by atoms with Crippen molar-refractivity contribution in [1.82, 2.24) is 4.98 Å². The molecule has 1 unspecified atom stereocenters. The van der Waals surface area contributed by atoms with Crippen LogP contribution in [0.15, 0.2) is 60.0 Å². The van der Waals surface area contributed by atoms with Crippen molar-refractivity contribution >= 4 is 34.0 Å². The van der Waals surface area contributed by atoms with Crippen LogP contribution < -0.4 is 10.2 Å². The molecule has 0 spiro atoms. The average Bonchev–Trinajstić information content (AvgIpc) is 3.40. The van der Waals surface area contributed by atoms with E-state index in [4.69, 9.17) is 4.74 Å². The molecule has 1 amide bonds. The number of esters is 1. The van der Waals surface area contributed by atoms with E-state index in [-0.39, 0.29) is 11.6 Å². The fraction of sp³-hybridized carbons (Fsp3) is 0.227. The highest BCUT2D eigenvalue weighted by atomic mass is 32.1. The lowest BCUT2D eigenvalue weighted by Gasteiger charge is -2.21. The van der Waals surface area contributed by atoms with Gasteiger partial charge in [0.25, 0.3) is 5.91 Å². The predicted molar refractivity (Wildman–Crippen MR) is 113 cm³/mol. The number of hydrogen-bond donors (Lipinski definition) is 1. The zero-order chi connectivity index (χ0) is 20.2. The van der Waals surface area contributed by atoms with Crippen molar-refractivity contribution in [3.63, 3.8) is 0 Å². The fourth-order valence-corrected chi connectivity index (χ4v) is 3.96. The van der Waals surface area contributed by atoms with Crippen LogP contribution >= 0.6 is 11.3 Å². The van der Waals surface area contributed by atoms with Gasteiger partial charge in [0.1, 0.15) is 0 Å². The number of carbonyl (C=O) groups is 2. The van der Waals surface area contributed by atoms with Gasteiger partial charge in [0.2, 0.25) is 0 Å². The maximum Gasteiger partial charge on any atom is 0.358 e. The summed E-state index contributed by atoms with van der Waals surface area (Å²) in [5.41, 5.74) is 3.35. The van der Waals surface area contributed by atoms with Gasteiger partial charge in [-0.15, -0.1) is 11.3 Å². The average molecular weight is 407 g/mol. The minimum Gasteiger partial charge on any atom is -0.448 e. The number of benzene rings is 2. The minimum atomic E-state index is -0.879. The summed E-state index contributed by atoms with van der Waals surface area (Å²) in [7, 11) is 0. The zero-order valence-corrected chi connectivity index (χ0v) is 16.8. The van der Waals surface area contributed by atoms with Gasteiger partial charge >= 0.3 is 5.97 Å². The first-order chi connectivity index (χ1) is 14.1. The van der Waals surface area contributed by atoms with Crippen molar-refractivity contribution in [2.45, 2.75) is 26.0 Å². The summed E-state index contributed by atoms with van der Waals surface area (Å²) in [6.07, 6.45) is -0.0680. The number of nitrogens with one attached hydrogen (secondary N) is 1. The molecule has 0 aliphatic carbocycles. The van der Waals surface area contributed by atoms with Gasteiger partial charge in [-0.3, -0.25) is 4.79 Å². The Balaban J connectivity index is 1.34. The van der Waals surface area contributed by atoms with E-state index in [9.17, 15) is 9.59 Å². The number of nitrogens with zero attached hydrogens (tertiary/aromatic N) is 2. The van der Waals surface area contributed by atoms with Crippen molar-refractivity contribution in [2.24, 2.45) is 0 Å². The molecule has 1 N–H and O–H groups in total. The molecule has 1 aromatic heterocycles.